The number of nitrogens with zero attached hydrogens (tertiary/aromatic N) is 2. The lowest BCUT2D eigenvalue weighted by Gasteiger charge is -2.35. The first-order valence-electron chi connectivity index (χ1n) is 16.5. The molecule has 234 valence electrons. The van der Waals surface area contributed by atoms with Crippen molar-refractivity contribution >= 4 is 12.2 Å². The molecule has 0 heterocycles. The Morgan fingerprint density at radius 3 is 1.80 bits per heavy atom. The van der Waals surface area contributed by atoms with Crippen LogP contribution in [0.5, 0.6) is 0 Å². The minimum atomic E-state index is -0.784. The molecule has 7 heteroatoms. The van der Waals surface area contributed by atoms with Crippen LogP contribution >= 0.6 is 0 Å². The zero-order valence-corrected chi connectivity index (χ0v) is 26.7. The van der Waals surface area contributed by atoms with Crippen LogP contribution in [0.3, 0.4) is 0 Å². The molecule has 1 aliphatic carbocycles. The van der Waals surface area contributed by atoms with Gasteiger partial charge in [-0.3, -0.25) is 0 Å². The summed E-state index contributed by atoms with van der Waals surface area (Å²) < 4.78 is 11.4. The van der Waals surface area contributed by atoms with Crippen molar-refractivity contribution in [2.45, 2.75) is 141 Å². The van der Waals surface area contributed by atoms with Crippen molar-refractivity contribution in [1.29, 1.82) is 0 Å². The number of ether oxygens (including phenoxy) is 2. The van der Waals surface area contributed by atoms with Gasteiger partial charge in [0.25, 0.3) is 0 Å². The number of alkyl carbamates (subject to hydrolysis) is 1. The number of rotatable bonds is 24. The van der Waals surface area contributed by atoms with Gasteiger partial charge >= 0.3 is 12.2 Å². The maximum Gasteiger partial charge on any atom is 0.410 e. The van der Waals surface area contributed by atoms with Gasteiger partial charge in [0.15, 0.2) is 5.60 Å². The highest BCUT2D eigenvalue weighted by molar-refractivity contribution is 5.68. The van der Waals surface area contributed by atoms with E-state index in [2.05, 4.69) is 23.2 Å². The van der Waals surface area contributed by atoms with Gasteiger partial charge in [0, 0.05) is 26.6 Å². The lowest BCUT2D eigenvalue weighted by Crippen LogP contribution is -2.45. The van der Waals surface area contributed by atoms with E-state index in [-0.39, 0.29) is 12.7 Å². The minimum Gasteiger partial charge on any atom is -0.445 e. The van der Waals surface area contributed by atoms with Gasteiger partial charge in [-0.2, -0.15) is 0 Å². The molecule has 0 aromatic carbocycles. The molecule has 0 aromatic rings. The molecule has 7 nitrogen and oxygen atoms in total. The summed E-state index contributed by atoms with van der Waals surface area (Å²) in [5, 5.41) is 2.87. The van der Waals surface area contributed by atoms with Crippen LogP contribution in [0.2, 0.25) is 0 Å². The summed E-state index contributed by atoms with van der Waals surface area (Å²) in [5.41, 5.74) is -0.784. The van der Waals surface area contributed by atoms with Crippen molar-refractivity contribution in [3.05, 3.63) is 12.2 Å². The molecule has 1 atom stereocenters. The second-order valence-corrected chi connectivity index (χ2v) is 12.1. The molecule has 0 fully saturated rings. The molecule has 2 amide bonds. The molecule has 0 bridgehead atoms. The molecule has 0 saturated carbocycles. The third-order valence-corrected chi connectivity index (χ3v) is 7.90. The fourth-order valence-electron chi connectivity index (χ4n) is 5.21. The molecule has 0 spiro atoms. The number of nitrogens with one attached hydrogen (secondary N) is 1. The van der Waals surface area contributed by atoms with Crippen molar-refractivity contribution in [2.24, 2.45) is 0 Å². The molecular formula is C33H63N3O4. The number of unbranched alkanes of at least 4 members (excludes halogenated alkanes) is 15. The number of allylic oxidation sites excluding steroid dienone is 1. The summed E-state index contributed by atoms with van der Waals surface area (Å²) in [6.07, 6.45) is 27.5. The van der Waals surface area contributed by atoms with E-state index in [1.165, 1.54) is 89.9 Å². The molecule has 0 aromatic heterocycles. The summed E-state index contributed by atoms with van der Waals surface area (Å²) in [7, 11) is 5.80. The first kappa shape index (κ1) is 36.3. The zero-order chi connectivity index (χ0) is 29.3. The van der Waals surface area contributed by atoms with Gasteiger partial charge in [-0.25, -0.2) is 9.59 Å². The third-order valence-electron chi connectivity index (χ3n) is 7.90. The lowest BCUT2D eigenvalue weighted by atomic mass is 9.90. The maximum absolute atomic E-state index is 12.7. The highest BCUT2D eigenvalue weighted by Crippen LogP contribution is 2.29. The van der Waals surface area contributed by atoms with Crippen molar-refractivity contribution in [1.82, 2.24) is 15.1 Å². The van der Waals surface area contributed by atoms with E-state index in [0.29, 0.717) is 25.9 Å². The highest BCUT2D eigenvalue weighted by atomic mass is 16.6. The Balaban J connectivity index is 2.07. The number of hydrogen-bond donors (Lipinski definition) is 1. The highest BCUT2D eigenvalue weighted by Gasteiger charge is 2.37. The smallest absolute Gasteiger partial charge is 0.410 e. The Kier molecular flexibility index (Phi) is 21.7. The molecule has 1 N–H and O–H groups in total. The van der Waals surface area contributed by atoms with E-state index in [9.17, 15) is 9.59 Å². The van der Waals surface area contributed by atoms with E-state index in [4.69, 9.17) is 9.47 Å². The van der Waals surface area contributed by atoms with Gasteiger partial charge in [0.1, 0.15) is 6.61 Å². The summed E-state index contributed by atoms with van der Waals surface area (Å²) in [5.74, 6) is 0. The molecule has 1 unspecified atom stereocenters. The Labute approximate surface area is 246 Å². The van der Waals surface area contributed by atoms with Crippen LogP contribution < -0.4 is 5.32 Å². The van der Waals surface area contributed by atoms with Crippen LogP contribution in [-0.4, -0.2) is 75.0 Å². The molecule has 40 heavy (non-hydrogen) atoms. The summed E-state index contributed by atoms with van der Waals surface area (Å²) in [6, 6.07) is 0. The first-order valence-corrected chi connectivity index (χ1v) is 16.5. The van der Waals surface area contributed by atoms with Gasteiger partial charge in [-0.1, -0.05) is 115 Å². The van der Waals surface area contributed by atoms with Crippen LogP contribution in [0.25, 0.3) is 0 Å². The molecule has 1 aliphatic rings. The number of amides is 2. The topological polar surface area (TPSA) is 71.1 Å². The number of carbonyl (C=O) groups excluding carboxylic acids is 2. The number of hydrogen-bond acceptors (Lipinski definition) is 5. The second-order valence-electron chi connectivity index (χ2n) is 12.1. The average molecular weight is 566 g/mol. The van der Waals surface area contributed by atoms with Gasteiger partial charge in [0.05, 0.1) is 0 Å². The van der Waals surface area contributed by atoms with Crippen LogP contribution in [0.1, 0.15) is 135 Å². The second kappa shape index (κ2) is 23.9. The molecule has 0 radical (unpaired) electrons. The standard InChI is InChI=1S/C33H63N3O4/c1-5-6-7-8-9-10-11-12-13-14-15-16-17-18-19-23-27-34-31(37)39-30-33(25-21-20-22-26-33)40-32(38)36(4)29-24-28-35(2)3/h20-21H,5-19,22-30H2,1-4H3,(H,34,37). The fraction of sp³-hybridized carbons (Fsp3) is 0.879. The molecule has 0 aliphatic heterocycles. The van der Waals surface area contributed by atoms with E-state index in [1.807, 2.05) is 20.2 Å². The largest absolute Gasteiger partial charge is 0.445 e. The van der Waals surface area contributed by atoms with E-state index in [0.717, 1.165) is 32.2 Å². The van der Waals surface area contributed by atoms with Crippen LogP contribution in [0.15, 0.2) is 12.2 Å². The summed E-state index contributed by atoms with van der Waals surface area (Å²) in [4.78, 5) is 28.7. The van der Waals surface area contributed by atoms with E-state index < -0.39 is 11.7 Å². The maximum atomic E-state index is 12.7. The van der Waals surface area contributed by atoms with E-state index >= 15 is 0 Å². The Morgan fingerprint density at radius 1 is 0.750 bits per heavy atom. The Morgan fingerprint density at radius 2 is 1.30 bits per heavy atom. The van der Waals surface area contributed by atoms with Gasteiger partial charge in [0.2, 0.25) is 0 Å². The van der Waals surface area contributed by atoms with Crippen molar-refractivity contribution in [2.75, 3.05) is 47.4 Å². The van der Waals surface area contributed by atoms with E-state index in [1.54, 1.807) is 11.9 Å². The predicted octanol–water partition coefficient (Wildman–Crippen LogP) is 8.47. The van der Waals surface area contributed by atoms with Crippen LogP contribution in [0, 0.1) is 0 Å². The average Bonchev–Trinajstić information content (AvgIpc) is 2.94. The van der Waals surface area contributed by atoms with Crippen LogP contribution in [-0.2, 0) is 9.47 Å². The van der Waals surface area contributed by atoms with Gasteiger partial charge < -0.3 is 24.6 Å². The SMILES string of the molecule is CCCCCCCCCCCCCCCCCCNC(=O)OCC1(OC(=O)N(C)CCCN(C)C)CC=CCC1. The molecule has 0 saturated heterocycles. The quantitative estimate of drug-likeness (QED) is 0.0939. The third kappa shape index (κ3) is 19.3. The lowest BCUT2D eigenvalue weighted by molar-refractivity contribution is -0.0517. The zero-order valence-electron chi connectivity index (χ0n) is 26.7. The van der Waals surface area contributed by atoms with Crippen molar-refractivity contribution < 1.29 is 19.1 Å². The predicted molar refractivity (Wildman–Crippen MR) is 167 cm³/mol. The Bertz CT molecular complexity index is 670. The van der Waals surface area contributed by atoms with Gasteiger partial charge in [-0.15, -0.1) is 0 Å². The Hall–Kier alpha value is -1.76. The first-order chi connectivity index (χ1) is 19.4. The van der Waals surface area contributed by atoms with Crippen molar-refractivity contribution in [3.63, 3.8) is 0 Å². The van der Waals surface area contributed by atoms with Gasteiger partial charge in [-0.05, 0) is 46.3 Å². The molecule has 1 rings (SSSR count). The summed E-state index contributed by atoms with van der Waals surface area (Å²) >= 11 is 0. The minimum absolute atomic E-state index is 0.0827. The normalized spacial score (nSPS) is 16.7. The fourth-order valence-corrected chi connectivity index (χ4v) is 5.21. The van der Waals surface area contributed by atoms with Crippen LogP contribution in [0.4, 0.5) is 9.59 Å². The summed E-state index contributed by atoms with van der Waals surface area (Å²) in [6.45, 7) is 4.52. The molecular weight excluding hydrogens is 502 g/mol. The van der Waals surface area contributed by atoms with Crippen molar-refractivity contribution in [3.8, 4) is 0 Å². The monoisotopic (exact) mass is 565 g/mol. The number of carbonyl (C=O) groups is 2.